The number of anilines is 1. The molecule has 1 N–H and O–H groups in total. The second kappa shape index (κ2) is 7.97. The Balaban J connectivity index is 1.47. The number of aryl methyl sites for hydroxylation is 1. The van der Waals surface area contributed by atoms with E-state index in [2.05, 4.69) is 22.3 Å². The van der Waals surface area contributed by atoms with E-state index in [1.54, 1.807) is 0 Å². The molecule has 1 amide bonds. The van der Waals surface area contributed by atoms with Gasteiger partial charge in [0.2, 0.25) is 5.91 Å². The maximum Gasteiger partial charge on any atom is 0.224 e. The third kappa shape index (κ3) is 4.59. The minimum Gasteiger partial charge on any atom is -0.373 e. The van der Waals surface area contributed by atoms with Crippen LogP contribution >= 0.6 is 0 Å². The first kappa shape index (κ1) is 16.5. The van der Waals surface area contributed by atoms with Crippen molar-refractivity contribution < 1.29 is 9.53 Å². The van der Waals surface area contributed by atoms with Gasteiger partial charge in [-0.2, -0.15) is 0 Å². The second-order valence-electron chi connectivity index (χ2n) is 6.24. The third-order valence-electron chi connectivity index (χ3n) is 4.27. The molecule has 0 radical (unpaired) electrons. The Morgan fingerprint density at radius 2 is 1.92 bits per heavy atom. The number of ether oxygens (including phenoxy) is 1. The molecule has 1 unspecified atom stereocenters. The molecule has 4 heteroatoms. The molecule has 1 fully saturated rings. The molecule has 1 atom stereocenters. The first-order chi connectivity index (χ1) is 11.7. The van der Waals surface area contributed by atoms with E-state index in [-0.39, 0.29) is 12.0 Å². The van der Waals surface area contributed by atoms with Gasteiger partial charge in [0.15, 0.2) is 0 Å². The van der Waals surface area contributed by atoms with Gasteiger partial charge in [-0.1, -0.05) is 48.0 Å². The number of hydrogen-bond donors (Lipinski definition) is 1. The summed E-state index contributed by atoms with van der Waals surface area (Å²) in [5.41, 5.74) is 3.45. The van der Waals surface area contributed by atoms with Gasteiger partial charge in [-0.15, -0.1) is 0 Å². The van der Waals surface area contributed by atoms with E-state index in [4.69, 9.17) is 4.74 Å². The predicted molar refractivity (Wildman–Crippen MR) is 96.3 cm³/mol. The average Bonchev–Trinajstić information content (AvgIpc) is 2.63. The average molecular weight is 324 g/mol. The Morgan fingerprint density at radius 3 is 2.67 bits per heavy atom. The summed E-state index contributed by atoms with van der Waals surface area (Å²) in [5, 5.41) is 3.00. The standard InChI is InChI=1S/C20H24N2O2/c1-16-7-9-17(10-8-16)13-20(23)21-14-19-15-22(11-12-24-19)18-5-3-2-4-6-18/h2-10,19H,11-15H2,1H3,(H,21,23). The van der Waals surface area contributed by atoms with Crippen molar-refractivity contribution in [1.29, 1.82) is 0 Å². The number of rotatable bonds is 5. The topological polar surface area (TPSA) is 41.6 Å². The van der Waals surface area contributed by atoms with Crippen molar-refractivity contribution in [1.82, 2.24) is 5.32 Å². The van der Waals surface area contributed by atoms with Gasteiger partial charge in [-0.05, 0) is 24.6 Å². The van der Waals surface area contributed by atoms with Crippen LogP contribution in [0.15, 0.2) is 54.6 Å². The Bertz CT molecular complexity index is 655. The quantitative estimate of drug-likeness (QED) is 0.919. The molecule has 24 heavy (non-hydrogen) atoms. The number of nitrogens with zero attached hydrogens (tertiary/aromatic N) is 1. The largest absolute Gasteiger partial charge is 0.373 e. The summed E-state index contributed by atoms with van der Waals surface area (Å²) < 4.78 is 5.79. The molecule has 0 bridgehead atoms. The lowest BCUT2D eigenvalue weighted by atomic mass is 10.1. The van der Waals surface area contributed by atoms with Gasteiger partial charge in [-0.25, -0.2) is 0 Å². The molecule has 0 aliphatic carbocycles. The van der Waals surface area contributed by atoms with Crippen molar-refractivity contribution in [2.75, 3.05) is 31.1 Å². The van der Waals surface area contributed by atoms with Gasteiger partial charge in [0.25, 0.3) is 0 Å². The zero-order valence-electron chi connectivity index (χ0n) is 14.1. The first-order valence-electron chi connectivity index (χ1n) is 8.44. The number of amides is 1. The van der Waals surface area contributed by atoms with Crippen molar-refractivity contribution >= 4 is 11.6 Å². The molecule has 0 spiro atoms. The minimum absolute atomic E-state index is 0.0286. The summed E-state index contributed by atoms with van der Waals surface area (Å²) in [6, 6.07) is 18.4. The Morgan fingerprint density at radius 1 is 1.17 bits per heavy atom. The van der Waals surface area contributed by atoms with E-state index in [0.717, 1.165) is 18.7 Å². The highest BCUT2D eigenvalue weighted by molar-refractivity contribution is 5.78. The summed E-state index contributed by atoms with van der Waals surface area (Å²) in [6.45, 7) is 4.97. The molecule has 2 aromatic carbocycles. The van der Waals surface area contributed by atoms with E-state index in [0.29, 0.717) is 19.6 Å². The Hall–Kier alpha value is -2.33. The first-order valence-corrected chi connectivity index (χ1v) is 8.44. The van der Waals surface area contributed by atoms with Crippen LogP contribution in [0.2, 0.25) is 0 Å². The lowest BCUT2D eigenvalue weighted by Gasteiger charge is -2.34. The number of nitrogens with one attached hydrogen (secondary N) is 1. The monoisotopic (exact) mass is 324 g/mol. The van der Waals surface area contributed by atoms with Crippen molar-refractivity contribution in [2.45, 2.75) is 19.4 Å². The zero-order chi connectivity index (χ0) is 16.8. The number of morpholine rings is 1. The summed E-state index contributed by atoms with van der Waals surface area (Å²) in [4.78, 5) is 14.4. The van der Waals surface area contributed by atoms with Crippen LogP contribution in [0.25, 0.3) is 0 Å². The maximum absolute atomic E-state index is 12.1. The molecule has 3 rings (SSSR count). The lowest BCUT2D eigenvalue weighted by molar-refractivity contribution is -0.121. The molecule has 1 saturated heterocycles. The van der Waals surface area contributed by atoms with E-state index in [1.165, 1.54) is 11.3 Å². The molecule has 2 aromatic rings. The SMILES string of the molecule is Cc1ccc(CC(=O)NCC2CN(c3ccccc3)CCO2)cc1. The van der Waals surface area contributed by atoms with Crippen LogP contribution in [0.3, 0.4) is 0 Å². The van der Waals surface area contributed by atoms with Gasteiger partial charge >= 0.3 is 0 Å². The van der Waals surface area contributed by atoms with Crippen LogP contribution in [0.5, 0.6) is 0 Å². The molecule has 1 aliphatic rings. The molecule has 0 saturated carbocycles. The summed E-state index contributed by atoms with van der Waals surface area (Å²) in [5.74, 6) is 0.0410. The van der Waals surface area contributed by atoms with Gasteiger partial charge in [0.1, 0.15) is 0 Å². The van der Waals surface area contributed by atoms with Crippen molar-refractivity contribution in [2.24, 2.45) is 0 Å². The summed E-state index contributed by atoms with van der Waals surface area (Å²) >= 11 is 0. The summed E-state index contributed by atoms with van der Waals surface area (Å²) in [6.07, 6.45) is 0.441. The van der Waals surface area contributed by atoms with Crippen molar-refractivity contribution in [3.63, 3.8) is 0 Å². The smallest absolute Gasteiger partial charge is 0.224 e. The second-order valence-corrected chi connectivity index (χ2v) is 6.24. The normalized spacial score (nSPS) is 17.5. The van der Waals surface area contributed by atoms with Crippen molar-refractivity contribution in [3.05, 3.63) is 65.7 Å². The maximum atomic E-state index is 12.1. The van der Waals surface area contributed by atoms with E-state index >= 15 is 0 Å². The van der Waals surface area contributed by atoms with Crippen LogP contribution in [0, 0.1) is 6.92 Å². The van der Waals surface area contributed by atoms with Crippen molar-refractivity contribution in [3.8, 4) is 0 Å². The number of para-hydroxylation sites is 1. The molecule has 0 aromatic heterocycles. The number of carbonyl (C=O) groups excluding carboxylic acids is 1. The van der Waals surface area contributed by atoms with Gasteiger partial charge in [0, 0.05) is 25.3 Å². The zero-order valence-corrected chi connectivity index (χ0v) is 14.1. The fourth-order valence-corrected chi connectivity index (χ4v) is 2.90. The van der Waals surface area contributed by atoms with Crippen LogP contribution in [-0.2, 0) is 16.0 Å². The minimum atomic E-state index is 0.0286. The highest BCUT2D eigenvalue weighted by Crippen LogP contribution is 2.16. The van der Waals surface area contributed by atoms with Crippen LogP contribution in [0.1, 0.15) is 11.1 Å². The van der Waals surface area contributed by atoms with Gasteiger partial charge in [-0.3, -0.25) is 4.79 Å². The highest BCUT2D eigenvalue weighted by Gasteiger charge is 2.21. The predicted octanol–water partition coefficient (Wildman–Crippen LogP) is 2.56. The fourth-order valence-electron chi connectivity index (χ4n) is 2.90. The number of carbonyl (C=O) groups is 1. The Labute approximate surface area is 143 Å². The van der Waals surface area contributed by atoms with Crippen LogP contribution in [-0.4, -0.2) is 38.3 Å². The van der Waals surface area contributed by atoms with Gasteiger partial charge < -0.3 is 15.0 Å². The van der Waals surface area contributed by atoms with Crippen LogP contribution in [0.4, 0.5) is 5.69 Å². The van der Waals surface area contributed by atoms with Gasteiger partial charge in [0.05, 0.1) is 19.1 Å². The van der Waals surface area contributed by atoms with E-state index in [9.17, 15) is 4.79 Å². The molecular formula is C20H24N2O2. The van der Waals surface area contributed by atoms with E-state index in [1.807, 2.05) is 49.4 Å². The highest BCUT2D eigenvalue weighted by atomic mass is 16.5. The summed E-state index contributed by atoms with van der Waals surface area (Å²) in [7, 11) is 0. The Kier molecular flexibility index (Phi) is 5.49. The number of benzene rings is 2. The molecule has 1 aliphatic heterocycles. The molecule has 126 valence electrons. The van der Waals surface area contributed by atoms with E-state index < -0.39 is 0 Å². The molecule has 4 nitrogen and oxygen atoms in total. The lowest BCUT2D eigenvalue weighted by Crippen LogP contribution is -2.47. The van der Waals surface area contributed by atoms with Crippen LogP contribution < -0.4 is 10.2 Å². The molecule has 1 heterocycles. The third-order valence-corrected chi connectivity index (χ3v) is 4.27. The number of hydrogen-bond acceptors (Lipinski definition) is 3. The fraction of sp³-hybridized carbons (Fsp3) is 0.350. The molecular weight excluding hydrogens is 300 g/mol.